The van der Waals surface area contributed by atoms with Crippen molar-refractivity contribution in [1.29, 1.82) is 0 Å². The smallest absolute Gasteiger partial charge is 0.168 e. The first-order chi connectivity index (χ1) is 11.9. The van der Waals surface area contributed by atoms with Crippen LogP contribution < -0.4 is 4.90 Å². The van der Waals surface area contributed by atoms with Crippen molar-refractivity contribution in [1.82, 2.24) is 15.2 Å². The van der Waals surface area contributed by atoms with E-state index in [4.69, 9.17) is 27.8 Å². The second kappa shape index (κ2) is 7.95. The van der Waals surface area contributed by atoms with Gasteiger partial charge in [-0.25, -0.2) is 9.19 Å². The molecule has 25 heavy (non-hydrogen) atoms. The summed E-state index contributed by atoms with van der Waals surface area (Å²) in [5.74, 6) is 1.28. The zero-order valence-corrected chi connectivity index (χ0v) is 16.0. The average molecular weight is 401 g/mol. The molecule has 0 radical (unpaired) electrons. The van der Waals surface area contributed by atoms with Gasteiger partial charge in [0.25, 0.3) is 0 Å². The largest absolute Gasteiger partial charge is 0.354 e. The highest BCUT2D eigenvalue weighted by Crippen LogP contribution is 2.33. The molecular formula is C16H18Cl2N4O2S. The number of aromatic nitrogens is 3. The Morgan fingerprint density at radius 2 is 2.00 bits per heavy atom. The Morgan fingerprint density at radius 3 is 2.64 bits per heavy atom. The van der Waals surface area contributed by atoms with Crippen LogP contribution in [0.1, 0.15) is 25.6 Å². The normalized spacial score (nSPS) is 19.0. The molecule has 2 heterocycles. The maximum atomic E-state index is 11.1. The van der Waals surface area contributed by atoms with E-state index in [9.17, 15) is 4.21 Å². The fourth-order valence-corrected chi connectivity index (χ4v) is 3.87. The van der Waals surface area contributed by atoms with Crippen LogP contribution in [-0.2, 0) is 16.8 Å². The van der Waals surface area contributed by atoms with E-state index >= 15 is 0 Å². The lowest BCUT2D eigenvalue weighted by Crippen LogP contribution is -2.35. The topological polar surface area (TPSA) is 79.2 Å². The van der Waals surface area contributed by atoms with E-state index in [2.05, 4.69) is 27.0 Å². The Morgan fingerprint density at radius 1 is 1.28 bits per heavy atom. The molecule has 1 fully saturated rings. The Labute approximate surface area is 158 Å². The number of rotatable bonds is 4. The Hall–Kier alpha value is -1.28. The van der Waals surface area contributed by atoms with Crippen LogP contribution in [0.25, 0.3) is 11.3 Å². The number of hydrogen-bond donors (Lipinski definition) is 1. The third-order valence-corrected chi connectivity index (χ3v) is 5.00. The lowest BCUT2D eigenvalue weighted by Gasteiger charge is -2.32. The molecule has 2 atom stereocenters. The van der Waals surface area contributed by atoms with E-state index in [1.807, 2.05) is 0 Å². The summed E-state index contributed by atoms with van der Waals surface area (Å²) in [5.41, 5.74) is 1.30. The van der Waals surface area contributed by atoms with Gasteiger partial charge in [0.15, 0.2) is 22.7 Å². The summed E-state index contributed by atoms with van der Waals surface area (Å²) in [6.07, 6.45) is 2.23. The molecule has 1 aromatic heterocycles. The summed E-state index contributed by atoms with van der Waals surface area (Å²) in [7, 11) is 0. The van der Waals surface area contributed by atoms with Crippen molar-refractivity contribution in [3.05, 3.63) is 34.1 Å². The minimum absolute atomic E-state index is 0.153. The second-order valence-corrected chi connectivity index (χ2v) is 8.02. The van der Waals surface area contributed by atoms with Crippen molar-refractivity contribution in [2.75, 3.05) is 18.0 Å². The zero-order valence-electron chi connectivity index (χ0n) is 13.7. The molecule has 1 aliphatic heterocycles. The number of benzene rings is 1. The van der Waals surface area contributed by atoms with E-state index in [1.54, 1.807) is 18.2 Å². The highest BCUT2D eigenvalue weighted by Gasteiger charge is 2.23. The molecule has 0 bridgehead atoms. The van der Waals surface area contributed by atoms with Crippen LogP contribution in [0.5, 0.6) is 0 Å². The first kappa shape index (κ1) is 18.5. The predicted molar refractivity (Wildman–Crippen MR) is 100 cm³/mol. The molecule has 0 saturated carbocycles. The molecule has 0 aliphatic carbocycles. The monoisotopic (exact) mass is 400 g/mol. The quantitative estimate of drug-likeness (QED) is 0.785. The molecule has 1 N–H and O–H groups in total. The third kappa shape index (κ3) is 4.67. The average Bonchev–Trinajstić information content (AvgIpc) is 2.53. The lowest BCUT2D eigenvalue weighted by atomic mass is 10.00. The number of hydrogen-bond acceptors (Lipinski definition) is 5. The van der Waals surface area contributed by atoms with Crippen LogP contribution >= 0.6 is 23.2 Å². The van der Waals surface area contributed by atoms with Crippen LogP contribution in [0.2, 0.25) is 10.0 Å². The van der Waals surface area contributed by atoms with Gasteiger partial charge in [-0.05, 0) is 37.0 Å². The minimum atomic E-state index is -2.02. The highest BCUT2D eigenvalue weighted by atomic mass is 35.5. The van der Waals surface area contributed by atoms with Crippen molar-refractivity contribution in [2.45, 2.75) is 25.5 Å². The van der Waals surface area contributed by atoms with Crippen molar-refractivity contribution in [3.63, 3.8) is 0 Å². The Kier molecular flexibility index (Phi) is 5.89. The maximum absolute atomic E-state index is 11.1. The standard InChI is InChI=1S/C16H18Cl2N4O2S/c1-10-3-2-4-22(8-10)16-15(11-5-12(17)7-13(18)6-11)21-20-14(19-16)9-25(23)24/h5-7,10H,2-4,8-9H2,1H3,(H,23,24). The first-order valence-corrected chi connectivity index (χ1v) is 9.98. The fraction of sp³-hybridized carbons (Fsp3) is 0.438. The van der Waals surface area contributed by atoms with Gasteiger partial charge in [0.05, 0.1) is 0 Å². The summed E-state index contributed by atoms with van der Waals surface area (Å²) in [6.45, 7) is 3.90. The second-order valence-electron chi connectivity index (χ2n) is 6.22. The first-order valence-electron chi connectivity index (χ1n) is 7.95. The fourth-order valence-electron chi connectivity index (χ4n) is 3.00. The van der Waals surface area contributed by atoms with Gasteiger partial charge in [-0.15, -0.1) is 10.2 Å². The number of nitrogens with zero attached hydrogens (tertiary/aromatic N) is 4. The number of halogens is 2. The van der Waals surface area contributed by atoms with Gasteiger partial charge in [0, 0.05) is 28.7 Å². The van der Waals surface area contributed by atoms with E-state index < -0.39 is 11.1 Å². The minimum Gasteiger partial charge on any atom is -0.354 e. The van der Waals surface area contributed by atoms with Gasteiger partial charge in [-0.2, -0.15) is 0 Å². The number of anilines is 1. The highest BCUT2D eigenvalue weighted by molar-refractivity contribution is 7.78. The Bertz CT molecular complexity index is 785. The van der Waals surface area contributed by atoms with E-state index in [-0.39, 0.29) is 11.6 Å². The van der Waals surface area contributed by atoms with E-state index in [0.29, 0.717) is 27.5 Å². The Balaban J connectivity index is 2.08. The molecule has 1 saturated heterocycles. The van der Waals surface area contributed by atoms with Gasteiger partial charge < -0.3 is 9.45 Å². The van der Waals surface area contributed by atoms with Crippen molar-refractivity contribution < 1.29 is 8.76 Å². The molecule has 6 nitrogen and oxygen atoms in total. The van der Waals surface area contributed by atoms with Gasteiger partial charge >= 0.3 is 0 Å². The van der Waals surface area contributed by atoms with Gasteiger partial charge in [-0.1, -0.05) is 30.1 Å². The summed E-state index contributed by atoms with van der Waals surface area (Å²) >= 11 is 10.2. The van der Waals surface area contributed by atoms with Gasteiger partial charge in [0.2, 0.25) is 0 Å². The molecule has 9 heteroatoms. The van der Waals surface area contributed by atoms with E-state index in [0.717, 1.165) is 25.1 Å². The van der Waals surface area contributed by atoms with Crippen LogP contribution in [0.4, 0.5) is 5.82 Å². The summed E-state index contributed by atoms with van der Waals surface area (Å²) in [6, 6.07) is 5.18. The lowest BCUT2D eigenvalue weighted by molar-refractivity contribution is 0.444. The third-order valence-electron chi connectivity index (χ3n) is 4.06. The summed E-state index contributed by atoms with van der Waals surface area (Å²) in [4.78, 5) is 6.67. The molecule has 2 unspecified atom stereocenters. The molecule has 1 aromatic carbocycles. The molecular weight excluding hydrogens is 383 g/mol. The molecule has 3 rings (SSSR count). The van der Waals surface area contributed by atoms with Gasteiger partial charge in [0.1, 0.15) is 11.4 Å². The number of piperidine rings is 1. The summed E-state index contributed by atoms with van der Waals surface area (Å²) < 4.78 is 20.2. The van der Waals surface area contributed by atoms with Crippen molar-refractivity contribution in [2.24, 2.45) is 5.92 Å². The van der Waals surface area contributed by atoms with Crippen molar-refractivity contribution in [3.8, 4) is 11.3 Å². The molecule has 0 spiro atoms. The molecule has 134 valence electrons. The maximum Gasteiger partial charge on any atom is 0.168 e. The van der Waals surface area contributed by atoms with Crippen LogP contribution in [0.3, 0.4) is 0 Å². The summed E-state index contributed by atoms with van der Waals surface area (Å²) in [5, 5.41) is 9.27. The van der Waals surface area contributed by atoms with Crippen LogP contribution in [-0.4, -0.2) is 37.0 Å². The SMILES string of the molecule is CC1CCCN(c2nc(CS(=O)O)nnc2-c2cc(Cl)cc(Cl)c2)C1. The van der Waals surface area contributed by atoms with Crippen LogP contribution in [0, 0.1) is 5.92 Å². The molecule has 1 aliphatic rings. The van der Waals surface area contributed by atoms with Crippen molar-refractivity contribution >= 4 is 40.1 Å². The zero-order chi connectivity index (χ0) is 18.0. The predicted octanol–water partition coefficient (Wildman–Crippen LogP) is 3.80. The van der Waals surface area contributed by atoms with Crippen LogP contribution in [0.15, 0.2) is 18.2 Å². The van der Waals surface area contributed by atoms with E-state index in [1.165, 1.54) is 6.42 Å². The molecule has 0 amide bonds. The molecule has 2 aromatic rings. The van der Waals surface area contributed by atoms with Gasteiger partial charge in [-0.3, -0.25) is 0 Å².